The fourth-order valence-electron chi connectivity index (χ4n) is 3.71. The summed E-state index contributed by atoms with van der Waals surface area (Å²) in [4.78, 5) is 16.5. The lowest BCUT2D eigenvalue weighted by atomic mass is 10.0. The van der Waals surface area contributed by atoms with Crippen molar-refractivity contribution < 1.29 is 9.26 Å². The summed E-state index contributed by atoms with van der Waals surface area (Å²) in [6, 6.07) is 8.13. The lowest BCUT2D eigenvalue weighted by Gasteiger charge is -2.35. The molecule has 8 heteroatoms. The van der Waals surface area contributed by atoms with E-state index in [0.717, 1.165) is 48.4 Å². The molecule has 0 spiro atoms. The van der Waals surface area contributed by atoms with Crippen molar-refractivity contribution in [3.8, 4) is 0 Å². The van der Waals surface area contributed by atoms with Crippen LogP contribution in [-0.2, 0) is 17.6 Å². The van der Waals surface area contributed by atoms with Gasteiger partial charge in [0.15, 0.2) is 5.82 Å². The molecule has 148 valence electrons. The standard InChI is InChI=1S/C20H26N6O2/c1-27-13-10-18-24-20(28-25-18)16-8-4-5-12-26(16)19-14-6-2-3-7-15(14)22-17(23-19)9-11-21/h2-3,6-7,16H,4-5,8-13,21H2,1H3/t16-/m0/s1. The number of piperidine rings is 1. The van der Waals surface area contributed by atoms with Gasteiger partial charge in [0, 0.05) is 31.9 Å². The fraction of sp³-hybridized carbons (Fsp3) is 0.500. The second-order valence-corrected chi connectivity index (χ2v) is 7.02. The molecule has 1 aromatic carbocycles. The highest BCUT2D eigenvalue weighted by atomic mass is 16.5. The van der Waals surface area contributed by atoms with Crippen molar-refractivity contribution in [3.05, 3.63) is 41.8 Å². The summed E-state index contributed by atoms with van der Waals surface area (Å²) in [5.41, 5.74) is 6.69. The van der Waals surface area contributed by atoms with Gasteiger partial charge in [-0.3, -0.25) is 0 Å². The number of nitrogens with zero attached hydrogens (tertiary/aromatic N) is 5. The number of anilines is 1. The molecule has 4 rings (SSSR count). The predicted molar refractivity (Wildman–Crippen MR) is 106 cm³/mol. The van der Waals surface area contributed by atoms with E-state index in [-0.39, 0.29) is 6.04 Å². The highest BCUT2D eigenvalue weighted by Gasteiger charge is 2.31. The molecule has 2 aromatic heterocycles. The monoisotopic (exact) mass is 382 g/mol. The van der Waals surface area contributed by atoms with E-state index >= 15 is 0 Å². The van der Waals surface area contributed by atoms with Crippen LogP contribution in [0.15, 0.2) is 28.8 Å². The average Bonchev–Trinajstić information content (AvgIpc) is 3.21. The number of fused-ring (bicyclic) bond motifs is 1. The third-order valence-electron chi connectivity index (χ3n) is 5.07. The highest BCUT2D eigenvalue weighted by Crippen LogP contribution is 2.36. The van der Waals surface area contributed by atoms with Gasteiger partial charge in [-0.05, 0) is 37.9 Å². The molecule has 0 unspecified atom stereocenters. The largest absolute Gasteiger partial charge is 0.384 e. The van der Waals surface area contributed by atoms with Gasteiger partial charge in [0.05, 0.1) is 12.1 Å². The van der Waals surface area contributed by atoms with E-state index in [0.29, 0.717) is 37.7 Å². The summed E-state index contributed by atoms with van der Waals surface area (Å²) >= 11 is 0. The first-order valence-corrected chi connectivity index (χ1v) is 9.84. The van der Waals surface area contributed by atoms with Gasteiger partial charge in [-0.25, -0.2) is 9.97 Å². The van der Waals surface area contributed by atoms with Crippen molar-refractivity contribution in [2.45, 2.75) is 38.1 Å². The third kappa shape index (κ3) is 3.83. The zero-order valence-electron chi connectivity index (χ0n) is 16.2. The summed E-state index contributed by atoms with van der Waals surface area (Å²) in [6.07, 6.45) is 4.47. The van der Waals surface area contributed by atoms with E-state index in [1.807, 2.05) is 18.2 Å². The minimum Gasteiger partial charge on any atom is -0.384 e. The Labute approximate surface area is 164 Å². The first kappa shape index (κ1) is 18.8. The molecular formula is C20H26N6O2. The predicted octanol–water partition coefficient (Wildman–Crippen LogP) is 2.43. The van der Waals surface area contributed by atoms with E-state index in [1.54, 1.807) is 7.11 Å². The molecule has 1 fully saturated rings. The van der Waals surface area contributed by atoms with Crippen LogP contribution in [0.4, 0.5) is 5.82 Å². The van der Waals surface area contributed by atoms with Crippen LogP contribution in [-0.4, -0.2) is 46.9 Å². The number of methoxy groups -OCH3 is 1. The summed E-state index contributed by atoms with van der Waals surface area (Å²) in [6.45, 7) is 1.99. The van der Waals surface area contributed by atoms with E-state index in [9.17, 15) is 0 Å². The van der Waals surface area contributed by atoms with E-state index in [2.05, 4.69) is 26.1 Å². The molecular weight excluding hydrogens is 356 g/mol. The van der Waals surface area contributed by atoms with E-state index in [1.165, 1.54) is 0 Å². The SMILES string of the molecule is COCCc1noc([C@@H]2CCCCN2c2nc(CCN)nc3ccccc23)n1. The Morgan fingerprint density at radius 1 is 1.14 bits per heavy atom. The quantitative estimate of drug-likeness (QED) is 0.664. The van der Waals surface area contributed by atoms with Crippen LogP contribution in [0, 0.1) is 0 Å². The first-order valence-electron chi connectivity index (χ1n) is 9.84. The Hall–Kier alpha value is -2.58. The molecule has 0 bridgehead atoms. The molecule has 3 aromatic rings. The van der Waals surface area contributed by atoms with Crippen LogP contribution in [0.5, 0.6) is 0 Å². The van der Waals surface area contributed by atoms with Crippen molar-refractivity contribution in [2.24, 2.45) is 5.73 Å². The molecule has 0 aliphatic carbocycles. The van der Waals surface area contributed by atoms with Crippen molar-refractivity contribution >= 4 is 16.7 Å². The number of hydrogen-bond acceptors (Lipinski definition) is 8. The minimum absolute atomic E-state index is 0.0153. The Kier molecular flexibility index (Phi) is 5.78. The van der Waals surface area contributed by atoms with Crippen molar-refractivity contribution in [3.63, 3.8) is 0 Å². The lowest BCUT2D eigenvalue weighted by Crippen LogP contribution is -2.34. The normalized spacial score (nSPS) is 17.4. The van der Waals surface area contributed by atoms with Crippen LogP contribution in [0.1, 0.15) is 42.8 Å². The van der Waals surface area contributed by atoms with Gasteiger partial charge in [-0.1, -0.05) is 17.3 Å². The number of ether oxygens (including phenoxy) is 1. The number of aromatic nitrogens is 4. The molecule has 1 atom stereocenters. The molecule has 0 saturated carbocycles. The molecule has 0 radical (unpaired) electrons. The van der Waals surface area contributed by atoms with Gasteiger partial charge >= 0.3 is 0 Å². The van der Waals surface area contributed by atoms with E-state index in [4.69, 9.17) is 20.0 Å². The Morgan fingerprint density at radius 2 is 2.04 bits per heavy atom. The van der Waals surface area contributed by atoms with Gasteiger partial charge in [0.2, 0.25) is 5.89 Å². The van der Waals surface area contributed by atoms with Gasteiger partial charge in [-0.15, -0.1) is 0 Å². The highest BCUT2D eigenvalue weighted by molar-refractivity contribution is 5.89. The molecule has 1 aliphatic heterocycles. The Balaban J connectivity index is 1.72. The summed E-state index contributed by atoms with van der Waals surface area (Å²) in [5, 5.41) is 5.16. The molecule has 8 nitrogen and oxygen atoms in total. The zero-order chi connectivity index (χ0) is 19.3. The molecule has 1 aliphatic rings. The summed E-state index contributed by atoms with van der Waals surface area (Å²) < 4.78 is 10.7. The molecule has 1 saturated heterocycles. The smallest absolute Gasteiger partial charge is 0.249 e. The Bertz CT molecular complexity index is 928. The fourth-order valence-corrected chi connectivity index (χ4v) is 3.71. The second-order valence-electron chi connectivity index (χ2n) is 7.02. The van der Waals surface area contributed by atoms with E-state index < -0.39 is 0 Å². The number of benzene rings is 1. The number of hydrogen-bond donors (Lipinski definition) is 1. The van der Waals surface area contributed by atoms with Gasteiger partial charge in [0.1, 0.15) is 17.7 Å². The topological polar surface area (TPSA) is 103 Å². The summed E-state index contributed by atoms with van der Waals surface area (Å²) in [5.74, 6) is 3.02. The third-order valence-corrected chi connectivity index (χ3v) is 5.07. The maximum Gasteiger partial charge on any atom is 0.249 e. The maximum atomic E-state index is 5.76. The van der Waals surface area contributed by atoms with Gasteiger partial charge in [0.25, 0.3) is 0 Å². The van der Waals surface area contributed by atoms with Gasteiger partial charge < -0.3 is 19.9 Å². The molecule has 28 heavy (non-hydrogen) atoms. The number of rotatable bonds is 7. The van der Waals surface area contributed by atoms with Crippen LogP contribution in [0.25, 0.3) is 10.9 Å². The van der Waals surface area contributed by atoms with Crippen molar-refractivity contribution in [2.75, 3.05) is 31.7 Å². The molecule has 3 heterocycles. The molecule has 2 N–H and O–H groups in total. The van der Waals surface area contributed by atoms with Gasteiger partial charge in [-0.2, -0.15) is 4.98 Å². The van der Waals surface area contributed by atoms with Crippen LogP contribution in [0.3, 0.4) is 0 Å². The van der Waals surface area contributed by atoms with Crippen molar-refractivity contribution in [1.82, 2.24) is 20.1 Å². The maximum absolute atomic E-state index is 5.76. The molecule has 0 amide bonds. The van der Waals surface area contributed by atoms with Crippen molar-refractivity contribution in [1.29, 1.82) is 0 Å². The second kappa shape index (κ2) is 8.62. The van der Waals surface area contributed by atoms with Crippen LogP contribution in [0.2, 0.25) is 0 Å². The zero-order valence-corrected chi connectivity index (χ0v) is 16.2. The number of para-hydroxylation sites is 1. The first-order chi connectivity index (χ1) is 13.8. The lowest BCUT2D eigenvalue weighted by molar-refractivity contribution is 0.199. The minimum atomic E-state index is 0.0153. The number of nitrogens with two attached hydrogens (primary N) is 1. The Morgan fingerprint density at radius 3 is 2.89 bits per heavy atom. The van der Waals surface area contributed by atoms with Crippen LogP contribution < -0.4 is 10.6 Å². The summed E-state index contributed by atoms with van der Waals surface area (Å²) in [7, 11) is 1.67. The van der Waals surface area contributed by atoms with Crippen LogP contribution >= 0.6 is 0 Å². The average molecular weight is 382 g/mol.